The molecule has 0 heterocycles. The molecule has 1 aliphatic rings. The summed E-state index contributed by atoms with van der Waals surface area (Å²) in [6.45, 7) is 6.64. The maximum absolute atomic E-state index is 12.5. The predicted molar refractivity (Wildman–Crippen MR) is 83.3 cm³/mol. The van der Waals surface area contributed by atoms with E-state index in [1.54, 1.807) is 4.90 Å². The van der Waals surface area contributed by atoms with Gasteiger partial charge in [-0.25, -0.2) is 4.79 Å². The van der Waals surface area contributed by atoms with Gasteiger partial charge in [-0.15, -0.1) is 0 Å². The third kappa shape index (κ3) is 6.36. The molecule has 5 nitrogen and oxygen atoms in total. The molecule has 21 heavy (non-hydrogen) atoms. The van der Waals surface area contributed by atoms with Crippen LogP contribution in [0.25, 0.3) is 0 Å². The summed E-state index contributed by atoms with van der Waals surface area (Å²) in [6, 6.07) is 0.287. The van der Waals surface area contributed by atoms with E-state index in [0.717, 1.165) is 6.42 Å². The molecule has 0 aromatic rings. The summed E-state index contributed by atoms with van der Waals surface area (Å²) in [5.74, 6) is -0.291. The second-order valence-corrected chi connectivity index (χ2v) is 6.46. The molecular formula is C16H30N2O3. The number of nitrogens with one attached hydrogen (secondary N) is 1. The normalized spacial score (nSPS) is 22.7. The first-order valence-electron chi connectivity index (χ1n) is 8.20. The van der Waals surface area contributed by atoms with Gasteiger partial charge in [-0.05, 0) is 39.0 Å². The van der Waals surface area contributed by atoms with Crippen LogP contribution in [0.2, 0.25) is 0 Å². The zero-order valence-electron chi connectivity index (χ0n) is 13.6. The lowest BCUT2D eigenvalue weighted by Crippen LogP contribution is -2.49. The highest BCUT2D eigenvalue weighted by Gasteiger charge is 2.25. The van der Waals surface area contributed by atoms with Gasteiger partial charge < -0.3 is 15.3 Å². The van der Waals surface area contributed by atoms with Crippen molar-refractivity contribution in [2.24, 2.45) is 5.92 Å². The first-order chi connectivity index (χ1) is 9.91. The van der Waals surface area contributed by atoms with E-state index in [1.807, 2.05) is 13.8 Å². The van der Waals surface area contributed by atoms with Crippen molar-refractivity contribution >= 4 is 12.0 Å². The van der Waals surface area contributed by atoms with Crippen LogP contribution < -0.4 is 5.32 Å². The number of rotatable bonds is 6. The van der Waals surface area contributed by atoms with Gasteiger partial charge in [0.1, 0.15) is 0 Å². The highest BCUT2D eigenvalue weighted by molar-refractivity contribution is 5.75. The number of hydrogen-bond donors (Lipinski definition) is 2. The summed E-state index contributed by atoms with van der Waals surface area (Å²) >= 11 is 0. The second-order valence-electron chi connectivity index (χ2n) is 6.46. The molecule has 122 valence electrons. The van der Waals surface area contributed by atoms with Crippen LogP contribution in [0, 0.1) is 5.92 Å². The monoisotopic (exact) mass is 298 g/mol. The van der Waals surface area contributed by atoms with Crippen molar-refractivity contribution in [2.75, 3.05) is 6.54 Å². The number of carbonyl (C=O) groups excluding carboxylic acids is 1. The molecule has 0 aromatic heterocycles. The van der Waals surface area contributed by atoms with Gasteiger partial charge in [0.15, 0.2) is 0 Å². The standard InChI is InChI=1S/C16H30N2O3/c1-12(2)18(11-7-10-15(19)20)16(21)17-14-9-6-4-5-8-13(14)3/h12-14H,4-11H2,1-3H3,(H,17,21)(H,19,20). The molecule has 0 saturated heterocycles. The van der Waals surface area contributed by atoms with Crippen LogP contribution in [-0.2, 0) is 4.79 Å². The van der Waals surface area contributed by atoms with Gasteiger partial charge in [0.05, 0.1) is 0 Å². The highest BCUT2D eigenvalue weighted by Crippen LogP contribution is 2.23. The molecule has 0 radical (unpaired) electrons. The molecule has 2 unspecified atom stereocenters. The molecular weight excluding hydrogens is 268 g/mol. The van der Waals surface area contributed by atoms with Crippen molar-refractivity contribution in [3.05, 3.63) is 0 Å². The number of amides is 2. The van der Waals surface area contributed by atoms with Gasteiger partial charge in [-0.2, -0.15) is 0 Å². The lowest BCUT2D eigenvalue weighted by molar-refractivity contribution is -0.137. The van der Waals surface area contributed by atoms with Gasteiger partial charge in [0.25, 0.3) is 0 Å². The Balaban J connectivity index is 2.52. The Bertz CT molecular complexity index is 344. The summed E-state index contributed by atoms with van der Waals surface area (Å²) < 4.78 is 0. The van der Waals surface area contributed by atoms with E-state index in [9.17, 15) is 9.59 Å². The molecule has 2 N–H and O–H groups in total. The fourth-order valence-corrected chi connectivity index (χ4v) is 2.94. The molecule has 2 atom stereocenters. The zero-order chi connectivity index (χ0) is 15.8. The Morgan fingerprint density at radius 3 is 2.52 bits per heavy atom. The summed E-state index contributed by atoms with van der Waals surface area (Å²) in [7, 11) is 0. The number of carbonyl (C=O) groups is 2. The minimum absolute atomic E-state index is 0.0471. The van der Waals surface area contributed by atoms with Crippen LogP contribution in [0.1, 0.15) is 65.7 Å². The Kier molecular flexibility index (Phi) is 7.54. The molecule has 0 aromatic carbocycles. The quantitative estimate of drug-likeness (QED) is 0.740. The van der Waals surface area contributed by atoms with Crippen LogP contribution >= 0.6 is 0 Å². The average molecular weight is 298 g/mol. The smallest absolute Gasteiger partial charge is 0.317 e. The number of carboxylic acids is 1. The fraction of sp³-hybridized carbons (Fsp3) is 0.875. The number of carboxylic acid groups (broad SMARTS) is 1. The zero-order valence-corrected chi connectivity index (χ0v) is 13.6. The van der Waals surface area contributed by atoms with E-state index in [-0.39, 0.29) is 24.5 Å². The van der Waals surface area contributed by atoms with E-state index in [0.29, 0.717) is 18.9 Å². The van der Waals surface area contributed by atoms with Gasteiger partial charge in [-0.3, -0.25) is 4.79 Å². The number of nitrogens with zero attached hydrogens (tertiary/aromatic N) is 1. The van der Waals surface area contributed by atoms with Crippen LogP contribution in [0.15, 0.2) is 0 Å². The van der Waals surface area contributed by atoms with Crippen molar-refractivity contribution in [3.63, 3.8) is 0 Å². The molecule has 1 rings (SSSR count). The molecule has 1 fully saturated rings. The molecule has 0 spiro atoms. The summed E-state index contributed by atoms with van der Waals surface area (Å²) in [5, 5.41) is 11.9. The van der Waals surface area contributed by atoms with Gasteiger partial charge in [-0.1, -0.05) is 26.2 Å². The summed E-state index contributed by atoms with van der Waals surface area (Å²) in [4.78, 5) is 24.8. The van der Waals surface area contributed by atoms with E-state index >= 15 is 0 Å². The minimum atomic E-state index is -0.809. The lowest BCUT2D eigenvalue weighted by Gasteiger charge is -2.31. The van der Waals surface area contributed by atoms with Crippen molar-refractivity contribution in [2.45, 2.75) is 77.8 Å². The van der Waals surface area contributed by atoms with Crippen molar-refractivity contribution < 1.29 is 14.7 Å². The lowest BCUT2D eigenvalue weighted by atomic mass is 9.97. The molecule has 0 bridgehead atoms. The number of urea groups is 1. The van der Waals surface area contributed by atoms with Gasteiger partial charge in [0, 0.05) is 25.0 Å². The highest BCUT2D eigenvalue weighted by atomic mass is 16.4. The fourth-order valence-electron chi connectivity index (χ4n) is 2.94. The van der Waals surface area contributed by atoms with Crippen molar-refractivity contribution in [1.29, 1.82) is 0 Å². The third-order valence-electron chi connectivity index (χ3n) is 4.34. The Morgan fingerprint density at radius 2 is 1.90 bits per heavy atom. The van der Waals surface area contributed by atoms with Gasteiger partial charge >= 0.3 is 12.0 Å². The third-order valence-corrected chi connectivity index (χ3v) is 4.34. The summed E-state index contributed by atoms with van der Waals surface area (Å²) in [5.41, 5.74) is 0. The molecule has 0 aliphatic heterocycles. The second kappa shape index (κ2) is 8.90. The molecule has 1 aliphatic carbocycles. The number of hydrogen-bond acceptors (Lipinski definition) is 2. The largest absolute Gasteiger partial charge is 0.481 e. The Morgan fingerprint density at radius 1 is 1.24 bits per heavy atom. The Hall–Kier alpha value is -1.26. The van der Waals surface area contributed by atoms with Crippen LogP contribution in [-0.4, -0.2) is 40.6 Å². The van der Waals surface area contributed by atoms with Crippen molar-refractivity contribution in [3.8, 4) is 0 Å². The molecule has 5 heteroatoms. The first kappa shape index (κ1) is 17.8. The SMILES string of the molecule is CC1CCCCCC1NC(=O)N(CCCC(=O)O)C(C)C. The maximum atomic E-state index is 12.5. The first-order valence-corrected chi connectivity index (χ1v) is 8.20. The molecule has 1 saturated carbocycles. The van der Waals surface area contributed by atoms with E-state index in [1.165, 1.54) is 25.7 Å². The van der Waals surface area contributed by atoms with E-state index in [4.69, 9.17) is 5.11 Å². The molecule has 2 amide bonds. The van der Waals surface area contributed by atoms with Crippen LogP contribution in [0.4, 0.5) is 4.79 Å². The van der Waals surface area contributed by atoms with Crippen LogP contribution in [0.5, 0.6) is 0 Å². The maximum Gasteiger partial charge on any atom is 0.317 e. The number of aliphatic carboxylic acids is 1. The predicted octanol–water partition coefficient (Wildman–Crippen LogP) is 3.24. The topological polar surface area (TPSA) is 69.6 Å². The van der Waals surface area contributed by atoms with Crippen LogP contribution in [0.3, 0.4) is 0 Å². The van der Waals surface area contributed by atoms with Gasteiger partial charge in [0.2, 0.25) is 0 Å². The summed E-state index contributed by atoms with van der Waals surface area (Å²) in [6.07, 6.45) is 6.51. The average Bonchev–Trinajstić information content (AvgIpc) is 2.59. The Labute approximate surface area is 128 Å². The minimum Gasteiger partial charge on any atom is -0.481 e. The van der Waals surface area contributed by atoms with Crippen molar-refractivity contribution in [1.82, 2.24) is 10.2 Å². The van der Waals surface area contributed by atoms with E-state index < -0.39 is 5.97 Å². The van der Waals surface area contributed by atoms with E-state index in [2.05, 4.69) is 12.2 Å².